The van der Waals surface area contributed by atoms with Crippen LogP contribution >= 0.6 is 0 Å². The number of methoxy groups -OCH3 is 2. The summed E-state index contributed by atoms with van der Waals surface area (Å²) in [6.07, 6.45) is 0.600. The molecule has 19 heavy (non-hydrogen) atoms. The molecule has 4 nitrogen and oxygen atoms in total. The molecule has 4 heteroatoms. The Morgan fingerprint density at radius 2 is 1.68 bits per heavy atom. The first-order chi connectivity index (χ1) is 9.19. The van der Waals surface area contributed by atoms with E-state index in [0.29, 0.717) is 0 Å². The molecule has 1 aliphatic heterocycles. The molecule has 1 saturated heterocycles. The number of anilines is 1. The zero-order valence-electron chi connectivity index (χ0n) is 11.9. The molecular weight excluding hydrogens is 242 g/mol. The summed E-state index contributed by atoms with van der Waals surface area (Å²) < 4.78 is 10.9. The Bertz CT molecular complexity index is 381. The zero-order chi connectivity index (χ0) is 13.8. The largest absolute Gasteiger partial charge is 0.388 e. The molecule has 0 bridgehead atoms. The number of hydrogen-bond donors (Lipinski definition) is 1. The van der Waals surface area contributed by atoms with Crippen LogP contribution in [0.2, 0.25) is 0 Å². The molecular formula is C15H23NO3. The van der Waals surface area contributed by atoms with E-state index in [2.05, 4.69) is 17.0 Å². The van der Waals surface area contributed by atoms with Crippen molar-refractivity contribution in [1.82, 2.24) is 0 Å². The number of aliphatic hydroxyl groups is 1. The van der Waals surface area contributed by atoms with E-state index in [1.807, 2.05) is 19.1 Å². The molecule has 2 unspecified atom stereocenters. The van der Waals surface area contributed by atoms with Crippen molar-refractivity contribution in [3.05, 3.63) is 29.8 Å². The van der Waals surface area contributed by atoms with Gasteiger partial charge < -0.3 is 19.5 Å². The predicted molar refractivity (Wildman–Crippen MR) is 75.5 cm³/mol. The lowest BCUT2D eigenvalue weighted by Gasteiger charge is -2.19. The highest BCUT2D eigenvalue weighted by Gasteiger charge is 2.32. The highest BCUT2D eigenvalue weighted by atomic mass is 16.5. The van der Waals surface area contributed by atoms with E-state index in [0.717, 1.165) is 30.8 Å². The van der Waals surface area contributed by atoms with Gasteiger partial charge in [0.15, 0.2) is 0 Å². The summed E-state index contributed by atoms with van der Waals surface area (Å²) in [6, 6.07) is 8.09. The molecule has 1 fully saturated rings. The van der Waals surface area contributed by atoms with Crippen molar-refractivity contribution in [3.8, 4) is 0 Å². The van der Waals surface area contributed by atoms with Crippen LogP contribution in [0.3, 0.4) is 0 Å². The maximum absolute atomic E-state index is 9.79. The fourth-order valence-corrected chi connectivity index (χ4v) is 2.55. The van der Waals surface area contributed by atoms with Crippen LogP contribution in [0.25, 0.3) is 0 Å². The van der Waals surface area contributed by atoms with Crippen LogP contribution in [0.1, 0.15) is 25.0 Å². The number of nitrogens with zero attached hydrogens (tertiary/aromatic N) is 1. The lowest BCUT2D eigenvalue weighted by Crippen LogP contribution is -2.27. The van der Waals surface area contributed by atoms with E-state index in [1.54, 1.807) is 14.2 Å². The predicted octanol–water partition coefficient (Wildman–Crippen LogP) is 1.98. The van der Waals surface area contributed by atoms with Gasteiger partial charge in [0.2, 0.25) is 0 Å². The molecule has 1 aliphatic rings. The van der Waals surface area contributed by atoms with Crippen molar-refractivity contribution >= 4 is 5.69 Å². The molecule has 0 radical (unpaired) electrons. The molecule has 1 heterocycles. The highest BCUT2D eigenvalue weighted by molar-refractivity contribution is 5.49. The molecule has 0 saturated carbocycles. The first-order valence-electron chi connectivity index (χ1n) is 6.78. The van der Waals surface area contributed by atoms with Gasteiger partial charge >= 0.3 is 0 Å². The van der Waals surface area contributed by atoms with E-state index in [9.17, 15) is 5.11 Å². The maximum atomic E-state index is 9.79. The maximum Gasteiger partial charge on any atom is 0.102 e. The zero-order valence-corrected chi connectivity index (χ0v) is 11.9. The molecule has 2 rings (SSSR count). The molecule has 0 aliphatic carbocycles. The van der Waals surface area contributed by atoms with Crippen LogP contribution in [-0.2, 0) is 9.47 Å². The third-order valence-electron chi connectivity index (χ3n) is 3.85. The van der Waals surface area contributed by atoms with E-state index >= 15 is 0 Å². The van der Waals surface area contributed by atoms with Crippen molar-refractivity contribution in [2.45, 2.75) is 31.7 Å². The Balaban J connectivity index is 2.07. The van der Waals surface area contributed by atoms with E-state index in [-0.39, 0.29) is 18.3 Å². The van der Waals surface area contributed by atoms with Crippen LogP contribution in [0.15, 0.2) is 24.3 Å². The van der Waals surface area contributed by atoms with Crippen molar-refractivity contribution in [2.75, 3.05) is 32.2 Å². The second-order valence-corrected chi connectivity index (χ2v) is 4.97. The second kappa shape index (κ2) is 6.37. The molecule has 0 aromatic heterocycles. The van der Waals surface area contributed by atoms with E-state index < -0.39 is 0 Å². The summed E-state index contributed by atoms with van der Waals surface area (Å²) in [5.74, 6) is 0. The van der Waals surface area contributed by atoms with Crippen LogP contribution in [0.5, 0.6) is 0 Å². The Hall–Kier alpha value is -1.10. The molecule has 1 aromatic rings. The minimum absolute atomic E-state index is 0.117. The number of aliphatic hydroxyl groups excluding tert-OH is 1. The lowest BCUT2D eigenvalue weighted by molar-refractivity contribution is -0.00461. The summed E-state index contributed by atoms with van der Waals surface area (Å²) in [7, 11) is 3.45. The molecule has 0 spiro atoms. The standard InChI is InChI=1S/C15H23NO3/c1-4-13(17)11-5-7-12(8-6-11)16-9-14(18-2)15(10-16)19-3/h5-8,13-15,17H,4,9-10H2,1-3H3/t13-,14?,15?/m1/s1. The number of rotatable bonds is 5. The van der Waals surface area contributed by atoms with Gasteiger partial charge in [-0.25, -0.2) is 0 Å². The van der Waals surface area contributed by atoms with Gasteiger partial charge in [0.25, 0.3) is 0 Å². The smallest absolute Gasteiger partial charge is 0.102 e. The average molecular weight is 265 g/mol. The number of ether oxygens (including phenoxy) is 2. The van der Waals surface area contributed by atoms with Gasteiger partial charge in [-0.15, -0.1) is 0 Å². The molecule has 1 N–H and O–H groups in total. The monoisotopic (exact) mass is 265 g/mol. The number of benzene rings is 1. The first-order valence-corrected chi connectivity index (χ1v) is 6.78. The summed E-state index contributed by atoms with van der Waals surface area (Å²) in [4.78, 5) is 2.25. The second-order valence-electron chi connectivity index (χ2n) is 4.97. The van der Waals surface area contributed by atoms with Gasteiger partial charge in [0.05, 0.1) is 6.10 Å². The fraction of sp³-hybridized carbons (Fsp3) is 0.600. The Labute approximate surface area is 114 Å². The van der Waals surface area contributed by atoms with Crippen molar-refractivity contribution in [3.63, 3.8) is 0 Å². The van der Waals surface area contributed by atoms with Crippen LogP contribution < -0.4 is 4.90 Å². The number of hydrogen-bond acceptors (Lipinski definition) is 4. The van der Waals surface area contributed by atoms with Crippen molar-refractivity contribution < 1.29 is 14.6 Å². The van der Waals surface area contributed by atoms with Gasteiger partial charge in [0, 0.05) is 33.0 Å². The Morgan fingerprint density at radius 3 is 2.11 bits per heavy atom. The quantitative estimate of drug-likeness (QED) is 0.884. The Morgan fingerprint density at radius 1 is 1.16 bits per heavy atom. The van der Waals surface area contributed by atoms with Crippen molar-refractivity contribution in [2.24, 2.45) is 0 Å². The van der Waals surface area contributed by atoms with Gasteiger partial charge in [-0.05, 0) is 24.1 Å². The molecule has 0 amide bonds. The minimum atomic E-state index is -0.369. The van der Waals surface area contributed by atoms with Crippen LogP contribution in [0, 0.1) is 0 Å². The summed E-state index contributed by atoms with van der Waals surface area (Å²) >= 11 is 0. The molecule has 106 valence electrons. The fourth-order valence-electron chi connectivity index (χ4n) is 2.55. The third-order valence-corrected chi connectivity index (χ3v) is 3.85. The van der Waals surface area contributed by atoms with E-state index in [1.165, 1.54) is 0 Å². The summed E-state index contributed by atoms with van der Waals surface area (Å²) in [5.41, 5.74) is 2.12. The van der Waals surface area contributed by atoms with Crippen LogP contribution in [-0.4, -0.2) is 44.6 Å². The van der Waals surface area contributed by atoms with E-state index in [4.69, 9.17) is 9.47 Å². The third kappa shape index (κ3) is 3.08. The first kappa shape index (κ1) is 14.3. The van der Waals surface area contributed by atoms with Crippen molar-refractivity contribution in [1.29, 1.82) is 0 Å². The summed E-state index contributed by atoms with van der Waals surface area (Å²) in [5, 5.41) is 9.79. The Kier molecular flexibility index (Phi) is 4.80. The average Bonchev–Trinajstić information content (AvgIpc) is 2.89. The van der Waals surface area contributed by atoms with Gasteiger partial charge in [-0.1, -0.05) is 19.1 Å². The van der Waals surface area contributed by atoms with Gasteiger partial charge in [-0.2, -0.15) is 0 Å². The minimum Gasteiger partial charge on any atom is -0.388 e. The summed E-state index contributed by atoms with van der Waals surface area (Å²) in [6.45, 7) is 3.65. The molecule has 3 atom stereocenters. The van der Waals surface area contributed by atoms with Gasteiger partial charge in [0.1, 0.15) is 12.2 Å². The van der Waals surface area contributed by atoms with Crippen LogP contribution in [0.4, 0.5) is 5.69 Å². The van der Waals surface area contributed by atoms with Gasteiger partial charge in [-0.3, -0.25) is 0 Å². The highest BCUT2D eigenvalue weighted by Crippen LogP contribution is 2.25. The normalized spacial score (nSPS) is 24.7. The lowest BCUT2D eigenvalue weighted by atomic mass is 10.1. The molecule has 1 aromatic carbocycles. The SMILES string of the molecule is CC[C@@H](O)c1ccc(N2CC(OC)C(OC)C2)cc1. The topological polar surface area (TPSA) is 41.9 Å².